The average Bonchev–Trinajstić information content (AvgIpc) is 2.38. The van der Waals surface area contributed by atoms with Crippen molar-refractivity contribution in [3.63, 3.8) is 0 Å². The summed E-state index contributed by atoms with van der Waals surface area (Å²) in [5.41, 5.74) is 1.93. The van der Waals surface area contributed by atoms with Crippen molar-refractivity contribution in [1.82, 2.24) is 0 Å². The number of Topliss-reactive ketones (excluding diaryl/α,β-unsaturated/α-hetero) is 1. The van der Waals surface area contributed by atoms with Gasteiger partial charge in [0.15, 0.2) is 5.78 Å². The van der Waals surface area contributed by atoms with Crippen molar-refractivity contribution >= 4 is 17.4 Å². The fraction of sp³-hybridized carbons (Fsp3) is 0.188. The standard InChI is InChI=1S/C16H13ClF2O/c1-9-6-11(13(17)7-10(9)2)16(20)8-12-14(18)4-3-5-15(12)19/h3-7H,8H2,1-2H3. The number of aryl methyl sites for hydroxylation is 2. The van der Waals surface area contributed by atoms with Gasteiger partial charge in [-0.1, -0.05) is 17.7 Å². The summed E-state index contributed by atoms with van der Waals surface area (Å²) in [5, 5.41) is 0.301. The zero-order valence-electron chi connectivity index (χ0n) is 11.1. The molecule has 4 heteroatoms. The molecule has 0 fully saturated rings. The Bertz CT molecular complexity index is 660. The maximum atomic E-state index is 13.5. The molecule has 0 aliphatic rings. The molecule has 0 aliphatic carbocycles. The van der Waals surface area contributed by atoms with Gasteiger partial charge < -0.3 is 0 Å². The van der Waals surface area contributed by atoms with E-state index in [0.717, 1.165) is 23.3 Å². The van der Waals surface area contributed by atoms with Gasteiger partial charge in [0.1, 0.15) is 11.6 Å². The molecular formula is C16H13ClF2O. The minimum Gasteiger partial charge on any atom is -0.294 e. The van der Waals surface area contributed by atoms with Gasteiger partial charge in [0.25, 0.3) is 0 Å². The zero-order valence-corrected chi connectivity index (χ0v) is 11.9. The molecule has 2 aromatic carbocycles. The Morgan fingerprint density at radius 2 is 1.65 bits per heavy atom. The second kappa shape index (κ2) is 5.71. The highest BCUT2D eigenvalue weighted by Gasteiger charge is 2.17. The quantitative estimate of drug-likeness (QED) is 0.752. The van der Waals surface area contributed by atoms with Crippen LogP contribution in [0.25, 0.3) is 0 Å². The molecule has 0 saturated carbocycles. The zero-order chi connectivity index (χ0) is 14.9. The van der Waals surface area contributed by atoms with Crippen LogP contribution in [0.2, 0.25) is 5.02 Å². The molecule has 0 radical (unpaired) electrons. The largest absolute Gasteiger partial charge is 0.294 e. The van der Waals surface area contributed by atoms with Crippen molar-refractivity contribution in [3.05, 3.63) is 69.2 Å². The van der Waals surface area contributed by atoms with Crippen LogP contribution in [0.3, 0.4) is 0 Å². The van der Waals surface area contributed by atoms with Gasteiger partial charge in [-0.2, -0.15) is 0 Å². The summed E-state index contributed by atoms with van der Waals surface area (Å²) in [4.78, 5) is 12.2. The second-order valence-electron chi connectivity index (χ2n) is 4.72. The van der Waals surface area contributed by atoms with Crippen molar-refractivity contribution in [2.24, 2.45) is 0 Å². The highest BCUT2D eigenvalue weighted by Crippen LogP contribution is 2.23. The molecule has 0 N–H and O–H groups in total. The Hall–Kier alpha value is -1.74. The molecule has 2 rings (SSSR count). The predicted molar refractivity (Wildman–Crippen MR) is 75.3 cm³/mol. The van der Waals surface area contributed by atoms with Crippen molar-refractivity contribution in [3.8, 4) is 0 Å². The first-order chi connectivity index (χ1) is 9.40. The number of halogens is 3. The molecule has 0 atom stereocenters. The van der Waals surface area contributed by atoms with E-state index in [1.165, 1.54) is 6.07 Å². The molecule has 0 unspecified atom stereocenters. The van der Waals surface area contributed by atoms with Crippen molar-refractivity contribution in [2.45, 2.75) is 20.3 Å². The summed E-state index contributed by atoms with van der Waals surface area (Å²) in [6.45, 7) is 3.73. The summed E-state index contributed by atoms with van der Waals surface area (Å²) < 4.78 is 27.1. The summed E-state index contributed by atoms with van der Waals surface area (Å²) >= 11 is 6.03. The van der Waals surface area contributed by atoms with E-state index in [2.05, 4.69) is 0 Å². The molecule has 0 bridgehead atoms. The van der Waals surface area contributed by atoms with Gasteiger partial charge in [0, 0.05) is 17.5 Å². The fourth-order valence-corrected chi connectivity index (χ4v) is 2.28. The van der Waals surface area contributed by atoms with Crippen molar-refractivity contribution in [2.75, 3.05) is 0 Å². The molecule has 1 nitrogen and oxygen atoms in total. The van der Waals surface area contributed by atoms with Gasteiger partial charge >= 0.3 is 0 Å². The van der Waals surface area contributed by atoms with Gasteiger partial charge in [-0.3, -0.25) is 4.79 Å². The van der Waals surface area contributed by atoms with E-state index >= 15 is 0 Å². The summed E-state index contributed by atoms with van der Waals surface area (Å²) in [5.74, 6) is -1.85. The number of ketones is 1. The number of carbonyl (C=O) groups is 1. The molecule has 0 saturated heterocycles. The van der Waals surface area contributed by atoms with Gasteiger partial charge in [0.2, 0.25) is 0 Å². The number of benzene rings is 2. The van der Waals surface area contributed by atoms with Crippen molar-refractivity contribution < 1.29 is 13.6 Å². The van der Waals surface area contributed by atoms with E-state index in [0.29, 0.717) is 5.02 Å². The van der Waals surface area contributed by atoms with E-state index in [9.17, 15) is 13.6 Å². The monoisotopic (exact) mass is 294 g/mol. The molecular weight excluding hydrogens is 282 g/mol. The minimum absolute atomic E-state index is 0.230. The first-order valence-corrected chi connectivity index (χ1v) is 6.50. The predicted octanol–water partition coefficient (Wildman–Crippen LogP) is 4.66. The second-order valence-corrected chi connectivity index (χ2v) is 5.12. The van der Waals surface area contributed by atoms with Gasteiger partial charge in [-0.05, 0) is 49.2 Å². The third kappa shape index (κ3) is 2.88. The van der Waals surface area contributed by atoms with Crippen LogP contribution in [-0.2, 0) is 6.42 Å². The lowest BCUT2D eigenvalue weighted by atomic mass is 9.98. The summed E-state index contributed by atoms with van der Waals surface area (Å²) in [6, 6.07) is 6.86. The van der Waals surface area contributed by atoms with Crippen LogP contribution in [0, 0.1) is 25.5 Å². The Kier molecular flexibility index (Phi) is 4.19. The molecule has 0 aromatic heterocycles. The Labute approximate surface area is 121 Å². The number of carbonyl (C=O) groups excluding carboxylic acids is 1. The number of rotatable bonds is 3. The normalized spacial score (nSPS) is 10.7. The minimum atomic E-state index is -0.724. The molecule has 0 heterocycles. The first kappa shape index (κ1) is 14.7. The molecule has 20 heavy (non-hydrogen) atoms. The van der Waals surface area contributed by atoms with Gasteiger partial charge in [-0.25, -0.2) is 8.78 Å². The summed E-state index contributed by atoms with van der Waals surface area (Å²) in [7, 11) is 0. The molecule has 0 aliphatic heterocycles. The topological polar surface area (TPSA) is 17.1 Å². The lowest BCUT2D eigenvalue weighted by Crippen LogP contribution is -2.08. The lowest BCUT2D eigenvalue weighted by molar-refractivity contribution is 0.0990. The van der Waals surface area contributed by atoms with Crippen LogP contribution in [-0.4, -0.2) is 5.78 Å². The van der Waals surface area contributed by atoms with E-state index < -0.39 is 17.4 Å². The van der Waals surface area contributed by atoms with E-state index in [-0.39, 0.29) is 17.5 Å². The third-order valence-corrected chi connectivity index (χ3v) is 3.60. The fourth-order valence-electron chi connectivity index (χ4n) is 1.95. The van der Waals surface area contributed by atoms with Crippen LogP contribution in [0.1, 0.15) is 27.0 Å². The van der Waals surface area contributed by atoms with Crippen LogP contribution in [0.5, 0.6) is 0 Å². The maximum Gasteiger partial charge on any atom is 0.168 e. The smallest absolute Gasteiger partial charge is 0.168 e. The highest BCUT2D eigenvalue weighted by molar-refractivity contribution is 6.34. The highest BCUT2D eigenvalue weighted by atomic mass is 35.5. The van der Waals surface area contributed by atoms with E-state index in [4.69, 9.17) is 11.6 Å². The Morgan fingerprint density at radius 3 is 2.25 bits per heavy atom. The SMILES string of the molecule is Cc1cc(Cl)c(C(=O)Cc2c(F)cccc2F)cc1C. The molecule has 104 valence electrons. The van der Waals surface area contributed by atoms with Crippen LogP contribution in [0.15, 0.2) is 30.3 Å². The Balaban J connectivity index is 2.36. The Morgan fingerprint density at radius 1 is 1.10 bits per heavy atom. The average molecular weight is 295 g/mol. The maximum absolute atomic E-state index is 13.5. The van der Waals surface area contributed by atoms with Crippen LogP contribution >= 0.6 is 11.6 Å². The van der Waals surface area contributed by atoms with Crippen LogP contribution < -0.4 is 0 Å². The first-order valence-electron chi connectivity index (χ1n) is 6.13. The number of hydrogen-bond donors (Lipinski definition) is 0. The van der Waals surface area contributed by atoms with Gasteiger partial charge in [-0.15, -0.1) is 0 Å². The lowest BCUT2D eigenvalue weighted by Gasteiger charge is -2.09. The van der Waals surface area contributed by atoms with E-state index in [1.54, 1.807) is 12.1 Å². The van der Waals surface area contributed by atoms with E-state index in [1.807, 2.05) is 13.8 Å². The molecule has 0 spiro atoms. The van der Waals surface area contributed by atoms with Crippen LogP contribution in [0.4, 0.5) is 8.78 Å². The molecule has 2 aromatic rings. The third-order valence-electron chi connectivity index (χ3n) is 3.28. The van der Waals surface area contributed by atoms with Gasteiger partial charge in [0.05, 0.1) is 5.02 Å². The summed E-state index contributed by atoms with van der Waals surface area (Å²) in [6.07, 6.45) is -0.347. The van der Waals surface area contributed by atoms with Crippen molar-refractivity contribution in [1.29, 1.82) is 0 Å². The number of hydrogen-bond acceptors (Lipinski definition) is 1. The molecule has 0 amide bonds.